The Kier molecular flexibility index (Phi) is 6.23. The number of likely N-dealkylation sites (tertiary alicyclic amines) is 1. The lowest BCUT2D eigenvalue weighted by molar-refractivity contribution is 0.0674. The molecule has 2 heterocycles. The average molecular weight is 353 g/mol. The first-order valence-electron chi connectivity index (χ1n) is 9.24. The van der Waals surface area contributed by atoms with Gasteiger partial charge in [-0.2, -0.15) is 0 Å². The van der Waals surface area contributed by atoms with Gasteiger partial charge in [-0.25, -0.2) is 0 Å². The van der Waals surface area contributed by atoms with E-state index >= 15 is 0 Å². The highest BCUT2D eigenvalue weighted by atomic mass is 16.5. The molecule has 1 fully saturated rings. The second-order valence-electron chi connectivity index (χ2n) is 6.94. The molecule has 0 bridgehead atoms. The maximum atomic E-state index is 12.9. The van der Waals surface area contributed by atoms with Crippen LogP contribution >= 0.6 is 0 Å². The lowest BCUT2D eigenvalue weighted by Crippen LogP contribution is -2.42. The lowest BCUT2D eigenvalue weighted by Gasteiger charge is -2.32. The summed E-state index contributed by atoms with van der Waals surface area (Å²) in [5.74, 6) is 1.39. The molecule has 1 saturated heterocycles. The van der Waals surface area contributed by atoms with E-state index in [-0.39, 0.29) is 5.91 Å². The molecule has 0 radical (unpaired) electrons. The van der Waals surface area contributed by atoms with Crippen LogP contribution in [0, 0.1) is 12.8 Å². The number of aryl methyl sites for hydroxylation is 1. The fourth-order valence-corrected chi connectivity index (χ4v) is 3.39. The minimum atomic E-state index is 0.115. The minimum absolute atomic E-state index is 0.115. The van der Waals surface area contributed by atoms with E-state index in [1.54, 1.807) is 6.20 Å². The number of nitrogens with one attached hydrogen (secondary N) is 1. The Labute approximate surface area is 155 Å². The maximum Gasteiger partial charge on any atom is 0.253 e. The molecular formula is C21H27N3O2. The first-order chi connectivity index (χ1) is 12.7. The fraction of sp³-hybridized carbons (Fsp3) is 0.429. The van der Waals surface area contributed by atoms with E-state index in [1.807, 2.05) is 55.3 Å². The molecule has 1 aromatic carbocycles. The molecule has 0 spiro atoms. The van der Waals surface area contributed by atoms with Crippen molar-refractivity contribution in [3.63, 3.8) is 0 Å². The van der Waals surface area contributed by atoms with Crippen molar-refractivity contribution in [2.24, 2.45) is 5.92 Å². The number of carbonyl (C=O) groups excluding carboxylic acids is 1. The summed E-state index contributed by atoms with van der Waals surface area (Å²) >= 11 is 0. The van der Waals surface area contributed by atoms with Crippen LogP contribution in [0.5, 0.6) is 5.75 Å². The van der Waals surface area contributed by atoms with Gasteiger partial charge in [0.05, 0.1) is 6.20 Å². The van der Waals surface area contributed by atoms with Crippen LogP contribution in [-0.4, -0.2) is 42.5 Å². The number of piperidine rings is 1. The smallest absolute Gasteiger partial charge is 0.253 e. The Morgan fingerprint density at radius 1 is 1.35 bits per heavy atom. The third-order valence-electron chi connectivity index (χ3n) is 4.76. The molecule has 1 aliphatic heterocycles. The summed E-state index contributed by atoms with van der Waals surface area (Å²) in [6.07, 6.45) is 3.98. The van der Waals surface area contributed by atoms with Crippen LogP contribution in [0.2, 0.25) is 0 Å². The normalized spacial score (nSPS) is 17.2. The topological polar surface area (TPSA) is 54.5 Å². The summed E-state index contributed by atoms with van der Waals surface area (Å²) in [6, 6.07) is 11.6. The number of carbonyl (C=O) groups is 1. The Bertz CT molecular complexity index is 728. The SMILES string of the molecule is CNCC1CCCN(C(=O)c2cccc(COc3ccc(C)nc3)c2)C1. The van der Waals surface area contributed by atoms with Crippen molar-refractivity contribution in [1.29, 1.82) is 0 Å². The second-order valence-corrected chi connectivity index (χ2v) is 6.94. The molecule has 5 heteroatoms. The number of benzene rings is 1. The molecule has 0 saturated carbocycles. The standard InChI is InChI=1S/C21H27N3O2/c1-16-8-9-20(13-23-16)26-15-17-5-3-7-19(11-17)21(25)24-10-4-6-18(14-24)12-22-2/h3,5,7-9,11,13,18,22H,4,6,10,12,14-15H2,1-2H3. The molecule has 1 unspecified atom stereocenters. The van der Waals surface area contributed by atoms with Crippen molar-refractivity contribution in [1.82, 2.24) is 15.2 Å². The van der Waals surface area contributed by atoms with Crippen LogP contribution in [0.1, 0.15) is 34.5 Å². The molecule has 1 aliphatic rings. The van der Waals surface area contributed by atoms with Gasteiger partial charge in [0.15, 0.2) is 0 Å². The van der Waals surface area contributed by atoms with Crippen molar-refractivity contribution < 1.29 is 9.53 Å². The number of aromatic nitrogens is 1. The molecule has 5 nitrogen and oxygen atoms in total. The van der Waals surface area contributed by atoms with Crippen LogP contribution in [0.3, 0.4) is 0 Å². The van der Waals surface area contributed by atoms with Crippen molar-refractivity contribution in [3.05, 3.63) is 59.4 Å². The van der Waals surface area contributed by atoms with Gasteiger partial charge in [-0.15, -0.1) is 0 Å². The number of nitrogens with zero attached hydrogens (tertiary/aromatic N) is 2. The zero-order chi connectivity index (χ0) is 18.4. The van der Waals surface area contributed by atoms with Crippen molar-refractivity contribution in [2.45, 2.75) is 26.4 Å². The van der Waals surface area contributed by atoms with E-state index in [2.05, 4.69) is 10.3 Å². The number of hydrogen-bond donors (Lipinski definition) is 1. The molecule has 0 aliphatic carbocycles. The van der Waals surface area contributed by atoms with Gasteiger partial charge >= 0.3 is 0 Å². The summed E-state index contributed by atoms with van der Waals surface area (Å²) in [7, 11) is 1.97. The number of rotatable bonds is 6. The van der Waals surface area contributed by atoms with Gasteiger partial charge in [0, 0.05) is 24.3 Å². The average Bonchev–Trinajstić information content (AvgIpc) is 2.68. The molecule has 1 atom stereocenters. The molecular weight excluding hydrogens is 326 g/mol. The minimum Gasteiger partial charge on any atom is -0.487 e. The third kappa shape index (κ3) is 4.82. The summed E-state index contributed by atoms with van der Waals surface area (Å²) in [5.41, 5.74) is 2.68. The predicted octanol–water partition coefficient (Wildman–Crippen LogP) is 3.04. The highest BCUT2D eigenvalue weighted by Crippen LogP contribution is 2.19. The van der Waals surface area contributed by atoms with Crippen molar-refractivity contribution >= 4 is 5.91 Å². The number of pyridine rings is 1. The number of ether oxygens (including phenoxy) is 1. The highest BCUT2D eigenvalue weighted by Gasteiger charge is 2.24. The zero-order valence-electron chi connectivity index (χ0n) is 15.6. The van der Waals surface area contributed by atoms with Crippen molar-refractivity contribution in [2.75, 3.05) is 26.7 Å². The van der Waals surface area contributed by atoms with Gasteiger partial charge in [-0.05, 0) is 69.1 Å². The summed E-state index contributed by atoms with van der Waals surface area (Å²) in [5, 5.41) is 3.22. The predicted molar refractivity (Wildman–Crippen MR) is 102 cm³/mol. The van der Waals surface area contributed by atoms with Crippen LogP contribution in [0.15, 0.2) is 42.6 Å². The van der Waals surface area contributed by atoms with E-state index < -0.39 is 0 Å². The quantitative estimate of drug-likeness (QED) is 0.867. The van der Waals surface area contributed by atoms with Gasteiger partial charge in [0.25, 0.3) is 5.91 Å². The largest absolute Gasteiger partial charge is 0.487 e. The molecule has 1 N–H and O–H groups in total. The first kappa shape index (κ1) is 18.4. The fourth-order valence-electron chi connectivity index (χ4n) is 3.39. The molecule has 1 aromatic heterocycles. The molecule has 26 heavy (non-hydrogen) atoms. The summed E-state index contributed by atoms with van der Waals surface area (Å²) < 4.78 is 5.78. The Morgan fingerprint density at radius 3 is 3.00 bits per heavy atom. The first-order valence-corrected chi connectivity index (χ1v) is 9.24. The summed E-state index contributed by atoms with van der Waals surface area (Å²) in [4.78, 5) is 19.1. The summed E-state index contributed by atoms with van der Waals surface area (Å²) in [6.45, 7) is 5.00. The van der Waals surface area contributed by atoms with E-state index in [9.17, 15) is 4.79 Å². The van der Waals surface area contributed by atoms with Crippen molar-refractivity contribution in [3.8, 4) is 5.75 Å². The van der Waals surface area contributed by atoms with E-state index in [0.29, 0.717) is 12.5 Å². The Morgan fingerprint density at radius 2 is 2.23 bits per heavy atom. The zero-order valence-corrected chi connectivity index (χ0v) is 15.6. The number of hydrogen-bond acceptors (Lipinski definition) is 4. The Balaban J connectivity index is 1.62. The van der Waals surface area contributed by atoms with Crippen LogP contribution in [0.25, 0.3) is 0 Å². The van der Waals surface area contributed by atoms with Gasteiger partial charge in [-0.1, -0.05) is 12.1 Å². The monoisotopic (exact) mass is 353 g/mol. The lowest BCUT2D eigenvalue weighted by atomic mass is 9.97. The van der Waals surface area contributed by atoms with Crippen LogP contribution in [0.4, 0.5) is 0 Å². The van der Waals surface area contributed by atoms with Gasteiger partial charge in [-0.3, -0.25) is 9.78 Å². The van der Waals surface area contributed by atoms with E-state index in [4.69, 9.17) is 4.74 Å². The van der Waals surface area contributed by atoms with Crippen LogP contribution < -0.4 is 10.1 Å². The maximum absolute atomic E-state index is 12.9. The Hall–Kier alpha value is -2.40. The van der Waals surface area contributed by atoms with Gasteiger partial charge in [0.2, 0.25) is 0 Å². The van der Waals surface area contributed by atoms with E-state index in [1.165, 1.54) is 6.42 Å². The van der Waals surface area contributed by atoms with E-state index in [0.717, 1.165) is 48.6 Å². The molecule has 3 rings (SSSR count). The van der Waals surface area contributed by atoms with Crippen LogP contribution in [-0.2, 0) is 6.61 Å². The van der Waals surface area contributed by atoms with Gasteiger partial charge in [0.1, 0.15) is 12.4 Å². The van der Waals surface area contributed by atoms with Gasteiger partial charge < -0.3 is 15.0 Å². The number of amides is 1. The second kappa shape index (κ2) is 8.81. The molecule has 1 amide bonds. The third-order valence-corrected chi connectivity index (χ3v) is 4.76. The molecule has 138 valence electrons. The highest BCUT2D eigenvalue weighted by molar-refractivity contribution is 5.94. The molecule has 2 aromatic rings.